The lowest BCUT2D eigenvalue weighted by atomic mass is 10.0. The lowest BCUT2D eigenvalue weighted by Gasteiger charge is -2.29. The number of ether oxygens (including phenoxy) is 1. The van der Waals surface area contributed by atoms with Gasteiger partial charge in [0.25, 0.3) is 5.91 Å². The zero-order valence-electron chi connectivity index (χ0n) is 21.5. The zero-order valence-corrected chi connectivity index (χ0v) is 21.5. The summed E-state index contributed by atoms with van der Waals surface area (Å²) in [5.41, 5.74) is 0.259. The third kappa shape index (κ3) is 7.68. The molecule has 0 spiro atoms. The van der Waals surface area contributed by atoms with Crippen LogP contribution in [0.3, 0.4) is 0 Å². The van der Waals surface area contributed by atoms with Gasteiger partial charge in [-0.15, -0.1) is 0 Å². The van der Waals surface area contributed by atoms with Gasteiger partial charge in [-0.05, 0) is 44.0 Å². The maximum Gasteiger partial charge on any atom is 0.255 e. The highest BCUT2D eigenvalue weighted by atomic mass is 16.5. The molecule has 1 fully saturated rings. The van der Waals surface area contributed by atoms with Crippen LogP contribution in [0.15, 0.2) is 24.3 Å². The van der Waals surface area contributed by atoms with Crippen LogP contribution >= 0.6 is 0 Å². The van der Waals surface area contributed by atoms with E-state index in [2.05, 4.69) is 20.9 Å². The van der Waals surface area contributed by atoms with E-state index in [4.69, 9.17) is 4.74 Å². The van der Waals surface area contributed by atoms with E-state index in [1.807, 2.05) is 13.8 Å². The van der Waals surface area contributed by atoms with E-state index in [1.54, 1.807) is 31.3 Å². The molecule has 198 valence electrons. The Morgan fingerprint density at radius 3 is 2.53 bits per heavy atom. The Balaban J connectivity index is 1.78. The minimum atomic E-state index is -1.10. The minimum Gasteiger partial charge on any atom is -0.491 e. The third-order valence-electron chi connectivity index (χ3n) is 6.63. The second-order valence-electron chi connectivity index (χ2n) is 9.82. The first kappa shape index (κ1) is 27.4. The largest absolute Gasteiger partial charge is 0.491 e. The standard InChI is InChI=1S/C26H39N5O5/c1-18(2)23-26(35)30(3)15-16-36-21-10-6-5-9-19(21)24(33)28-20(17-22(32)29-23)25(34)27-11-14-31-12-7-4-8-13-31/h5-6,9-10,18,20,23H,4,7-8,11-17H2,1-3H3,(H,27,34)(H,28,33)(H,29,32)/t20-,23+/m0/s1. The molecule has 3 rings (SSSR count). The van der Waals surface area contributed by atoms with Gasteiger partial charge < -0.3 is 30.5 Å². The quantitative estimate of drug-likeness (QED) is 0.548. The Labute approximate surface area is 213 Å². The molecule has 2 aliphatic rings. The number of likely N-dealkylation sites (N-methyl/N-ethyl adjacent to an activating group) is 1. The van der Waals surface area contributed by atoms with Crippen molar-refractivity contribution in [3.05, 3.63) is 29.8 Å². The monoisotopic (exact) mass is 501 g/mol. The number of hydrogen-bond acceptors (Lipinski definition) is 6. The van der Waals surface area contributed by atoms with Gasteiger partial charge in [-0.2, -0.15) is 0 Å². The normalized spacial score (nSPS) is 22.7. The smallest absolute Gasteiger partial charge is 0.255 e. The van der Waals surface area contributed by atoms with Crippen LogP contribution in [-0.4, -0.2) is 91.9 Å². The van der Waals surface area contributed by atoms with Gasteiger partial charge in [0.1, 0.15) is 24.4 Å². The fourth-order valence-corrected chi connectivity index (χ4v) is 4.44. The number of fused-ring (bicyclic) bond motifs is 1. The number of nitrogens with one attached hydrogen (secondary N) is 3. The first-order valence-corrected chi connectivity index (χ1v) is 12.8. The van der Waals surface area contributed by atoms with E-state index < -0.39 is 29.8 Å². The second kappa shape index (κ2) is 13.2. The van der Waals surface area contributed by atoms with Crippen LogP contribution in [0.4, 0.5) is 0 Å². The molecule has 10 nitrogen and oxygen atoms in total. The van der Waals surface area contributed by atoms with Gasteiger partial charge in [-0.1, -0.05) is 32.4 Å². The summed E-state index contributed by atoms with van der Waals surface area (Å²) in [4.78, 5) is 56.0. The number of carbonyl (C=O) groups excluding carboxylic acids is 4. The van der Waals surface area contributed by atoms with Crippen molar-refractivity contribution in [2.45, 2.75) is 51.6 Å². The van der Waals surface area contributed by atoms with Crippen LogP contribution in [0.25, 0.3) is 0 Å². The fourth-order valence-electron chi connectivity index (χ4n) is 4.44. The molecule has 2 heterocycles. The molecule has 0 saturated carbocycles. The van der Waals surface area contributed by atoms with Crippen LogP contribution in [0.5, 0.6) is 5.75 Å². The molecule has 0 aromatic heterocycles. The van der Waals surface area contributed by atoms with Crippen LogP contribution in [0.1, 0.15) is 49.9 Å². The number of nitrogens with zero attached hydrogens (tertiary/aromatic N) is 2. The molecule has 0 unspecified atom stereocenters. The molecule has 2 atom stereocenters. The summed E-state index contributed by atoms with van der Waals surface area (Å²) < 4.78 is 5.82. The first-order valence-electron chi connectivity index (χ1n) is 12.8. The summed E-state index contributed by atoms with van der Waals surface area (Å²) in [5.74, 6) is -1.47. The zero-order chi connectivity index (χ0) is 26.1. The number of benzene rings is 1. The van der Waals surface area contributed by atoms with Crippen molar-refractivity contribution in [2.24, 2.45) is 5.92 Å². The topological polar surface area (TPSA) is 120 Å². The molecular formula is C26H39N5O5. The molecule has 2 aliphatic heterocycles. The Morgan fingerprint density at radius 1 is 1.08 bits per heavy atom. The van der Waals surface area contributed by atoms with Crippen molar-refractivity contribution in [3.8, 4) is 5.75 Å². The van der Waals surface area contributed by atoms with Gasteiger partial charge >= 0.3 is 0 Å². The summed E-state index contributed by atoms with van der Waals surface area (Å²) in [5, 5.41) is 8.34. The Hall–Kier alpha value is -3.14. The van der Waals surface area contributed by atoms with E-state index in [0.717, 1.165) is 25.9 Å². The fraction of sp³-hybridized carbons (Fsp3) is 0.615. The van der Waals surface area contributed by atoms with Gasteiger partial charge in [0.2, 0.25) is 17.7 Å². The first-order chi connectivity index (χ1) is 17.3. The highest BCUT2D eigenvalue weighted by molar-refractivity contribution is 6.01. The molecule has 0 bridgehead atoms. The van der Waals surface area contributed by atoms with E-state index in [-0.39, 0.29) is 37.0 Å². The summed E-state index contributed by atoms with van der Waals surface area (Å²) in [6.07, 6.45) is 3.25. The summed E-state index contributed by atoms with van der Waals surface area (Å²) in [6, 6.07) is 4.86. The number of likely N-dealkylation sites (tertiary alicyclic amines) is 1. The van der Waals surface area contributed by atoms with Gasteiger partial charge in [0.15, 0.2) is 0 Å². The molecule has 0 aliphatic carbocycles. The van der Waals surface area contributed by atoms with Crippen LogP contribution in [0, 0.1) is 5.92 Å². The number of hydrogen-bond donors (Lipinski definition) is 3. The molecule has 10 heteroatoms. The van der Waals surface area contributed by atoms with Crippen molar-refractivity contribution in [1.82, 2.24) is 25.8 Å². The number of carbonyl (C=O) groups is 4. The van der Waals surface area contributed by atoms with Gasteiger partial charge in [-0.25, -0.2) is 0 Å². The van der Waals surface area contributed by atoms with E-state index >= 15 is 0 Å². The minimum absolute atomic E-state index is 0.162. The maximum atomic E-state index is 13.1. The van der Waals surface area contributed by atoms with Gasteiger partial charge in [0, 0.05) is 20.1 Å². The molecular weight excluding hydrogens is 462 g/mol. The lowest BCUT2D eigenvalue weighted by molar-refractivity contribution is -0.137. The average molecular weight is 502 g/mol. The lowest BCUT2D eigenvalue weighted by Crippen LogP contribution is -2.54. The number of rotatable bonds is 5. The van der Waals surface area contributed by atoms with Crippen LogP contribution < -0.4 is 20.7 Å². The van der Waals surface area contributed by atoms with E-state index in [9.17, 15) is 19.2 Å². The third-order valence-corrected chi connectivity index (χ3v) is 6.63. The summed E-state index contributed by atoms with van der Waals surface area (Å²) in [7, 11) is 1.65. The molecule has 1 saturated heterocycles. The predicted molar refractivity (Wildman–Crippen MR) is 136 cm³/mol. The molecule has 1 aromatic carbocycles. The van der Waals surface area contributed by atoms with E-state index in [1.165, 1.54) is 11.3 Å². The SMILES string of the molecule is CC(C)[C@H]1NC(=O)C[C@@H](C(=O)NCCN2CCCCC2)NC(=O)c2ccccc2OCCN(C)C1=O. The molecule has 36 heavy (non-hydrogen) atoms. The molecule has 3 N–H and O–H groups in total. The van der Waals surface area contributed by atoms with Crippen molar-refractivity contribution >= 4 is 23.6 Å². The number of amides is 4. The molecule has 0 radical (unpaired) electrons. The Kier molecular flexibility index (Phi) is 10.1. The van der Waals surface area contributed by atoms with Gasteiger partial charge in [-0.3, -0.25) is 19.2 Å². The van der Waals surface area contributed by atoms with E-state index in [0.29, 0.717) is 18.8 Å². The second-order valence-corrected chi connectivity index (χ2v) is 9.82. The number of para-hydroxylation sites is 1. The summed E-state index contributed by atoms with van der Waals surface area (Å²) in [6.45, 7) is 7.30. The van der Waals surface area contributed by atoms with Crippen molar-refractivity contribution in [1.29, 1.82) is 0 Å². The van der Waals surface area contributed by atoms with Crippen molar-refractivity contribution in [2.75, 3.05) is 46.4 Å². The predicted octanol–water partition coefficient (Wildman–Crippen LogP) is 0.769. The Bertz CT molecular complexity index is 931. The average Bonchev–Trinajstić information content (AvgIpc) is 2.86. The van der Waals surface area contributed by atoms with Crippen LogP contribution in [-0.2, 0) is 14.4 Å². The maximum absolute atomic E-state index is 13.1. The Morgan fingerprint density at radius 2 is 1.81 bits per heavy atom. The van der Waals surface area contributed by atoms with Crippen molar-refractivity contribution in [3.63, 3.8) is 0 Å². The highest BCUT2D eigenvalue weighted by Crippen LogP contribution is 2.19. The highest BCUT2D eigenvalue weighted by Gasteiger charge is 2.31. The van der Waals surface area contributed by atoms with Crippen LogP contribution in [0.2, 0.25) is 0 Å². The molecule has 4 amide bonds. The summed E-state index contributed by atoms with van der Waals surface area (Å²) >= 11 is 0. The number of piperidine rings is 1. The van der Waals surface area contributed by atoms with Crippen molar-refractivity contribution < 1.29 is 23.9 Å². The molecule has 1 aromatic rings. The van der Waals surface area contributed by atoms with Gasteiger partial charge in [0.05, 0.1) is 18.5 Å².